The molecular formula is C18H19N13O2. The van der Waals surface area contributed by atoms with Crippen LogP contribution in [-0.2, 0) is 13.1 Å². The number of aromatic nitrogens is 13. The van der Waals surface area contributed by atoms with E-state index < -0.39 is 0 Å². The second-order valence-corrected chi connectivity index (χ2v) is 7.62. The number of nitrogens with zero attached hydrogens (tertiary/aromatic N) is 13. The summed E-state index contributed by atoms with van der Waals surface area (Å²) >= 11 is 0. The van der Waals surface area contributed by atoms with Crippen LogP contribution in [0.25, 0.3) is 21.8 Å². The summed E-state index contributed by atoms with van der Waals surface area (Å²) in [6.07, 6.45) is 4.88. The van der Waals surface area contributed by atoms with Crippen molar-refractivity contribution in [2.24, 2.45) is 0 Å². The fourth-order valence-corrected chi connectivity index (χ4v) is 3.69. The Balaban J connectivity index is 1.55. The number of hydrogen-bond acceptors (Lipinski definition) is 11. The number of hydrogen-bond donors (Lipinski definition) is 0. The molecule has 0 radical (unpaired) electrons. The second-order valence-electron chi connectivity index (χ2n) is 7.62. The second kappa shape index (κ2) is 8.25. The summed E-state index contributed by atoms with van der Waals surface area (Å²) in [6.45, 7) is 4.52. The molecule has 2 atom stereocenters. The fourth-order valence-electron chi connectivity index (χ4n) is 3.69. The molecule has 0 aliphatic carbocycles. The molecule has 1 aromatic carbocycles. The van der Waals surface area contributed by atoms with Crippen LogP contribution in [0.3, 0.4) is 0 Å². The van der Waals surface area contributed by atoms with Crippen molar-refractivity contribution in [1.82, 2.24) is 65.0 Å². The molecule has 0 saturated heterocycles. The lowest BCUT2D eigenvalue weighted by molar-refractivity contribution is 0.342. The third kappa shape index (κ3) is 3.72. The molecule has 0 spiro atoms. The van der Waals surface area contributed by atoms with Gasteiger partial charge in [0.1, 0.15) is 11.8 Å². The summed E-state index contributed by atoms with van der Waals surface area (Å²) in [7, 11) is 0. The van der Waals surface area contributed by atoms with E-state index in [2.05, 4.69) is 46.2 Å². The van der Waals surface area contributed by atoms with Crippen LogP contribution in [0.2, 0.25) is 0 Å². The Bertz CT molecular complexity index is 1520. The van der Waals surface area contributed by atoms with E-state index in [1.807, 2.05) is 13.8 Å². The highest BCUT2D eigenvalue weighted by Crippen LogP contribution is 2.17. The highest BCUT2D eigenvalue weighted by Gasteiger charge is 2.18. The summed E-state index contributed by atoms with van der Waals surface area (Å²) in [5.74, 6) is 0. The number of benzene rings is 1. The molecule has 0 saturated carbocycles. The van der Waals surface area contributed by atoms with E-state index in [0.717, 1.165) is 0 Å². The lowest BCUT2D eigenvalue weighted by Crippen LogP contribution is -2.31. The average molecular weight is 449 g/mol. The summed E-state index contributed by atoms with van der Waals surface area (Å²) in [5.41, 5.74) is 0.146. The van der Waals surface area contributed by atoms with Gasteiger partial charge in [-0.1, -0.05) is 12.1 Å². The molecule has 0 unspecified atom stereocenters. The standard InChI is InChI=1S/C18H19N13O2/c1-3-12(7-28-10-21-24-27-28)31-18(33)14-4-15-13(5-16(14)23-26-31)17(32)29(9-19-15)11(2)6-30-22-8-20-25-30/h4-5,8-12H,3,6-7H2,1-2H3/t11-,12-/m1/s1. The van der Waals surface area contributed by atoms with E-state index in [1.165, 1.54) is 37.7 Å². The highest BCUT2D eigenvalue weighted by atomic mass is 16.1. The van der Waals surface area contributed by atoms with Gasteiger partial charge in [0.05, 0.1) is 47.8 Å². The Morgan fingerprint density at radius 1 is 0.939 bits per heavy atom. The zero-order chi connectivity index (χ0) is 22.9. The highest BCUT2D eigenvalue weighted by molar-refractivity contribution is 5.93. The van der Waals surface area contributed by atoms with Crippen LogP contribution in [0.5, 0.6) is 0 Å². The first kappa shape index (κ1) is 20.5. The van der Waals surface area contributed by atoms with Gasteiger partial charge in [0.15, 0.2) is 6.33 Å². The fraction of sp³-hybridized carbons (Fsp3) is 0.389. The van der Waals surface area contributed by atoms with Crippen molar-refractivity contribution in [1.29, 1.82) is 0 Å². The van der Waals surface area contributed by atoms with E-state index in [0.29, 0.717) is 41.3 Å². The van der Waals surface area contributed by atoms with Crippen molar-refractivity contribution in [2.45, 2.75) is 45.4 Å². The lowest BCUT2D eigenvalue weighted by Gasteiger charge is -2.16. The topological polar surface area (TPSA) is 170 Å². The zero-order valence-corrected chi connectivity index (χ0v) is 17.8. The van der Waals surface area contributed by atoms with Crippen LogP contribution >= 0.6 is 0 Å². The van der Waals surface area contributed by atoms with E-state index in [9.17, 15) is 9.59 Å². The summed E-state index contributed by atoms with van der Waals surface area (Å²) < 4.78 is 4.35. The third-order valence-corrected chi connectivity index (χ3v) is 5.49. The summed E-state index contributed by atoms with van der Waals surface area (Å²) in [6, 6.07) is 2.57. The third-order valence-electron chi connectivity index (χ3n) is 5.49. The first-order valence-electron chi connectivity index (χ1n) is 10.3. The number of tetrazole rings is 2. The Hall–Kier alpha value is -4.43. The molecule has 33 heavy (non-hydrogen) atoms. The summed E-state index contributed by atoms with van der Waals surface area (Å²) in [4.78, 5) is 32.1. The van der Waals surface area contributed by atoms with Crippen LogP contribution in [0.4, 0.5) is 0 Å². The first-order chi connectivity index (χ1) is 16.0. The van der Waals surface area contributed by atoms with Gasteiger partial charge in [-0.3, -0.25) is 14.2 Å². The molecule has 0 fully saturated rings. The van der Waals surface area contributed by atoms with Crippen LogP contribution in [-0.4, -0.2) is 65.0 Å². The van der Waals surface area contributed by atoms with Crippen molar-refractivity contribution in [3.05, 3.63) is 51.8 Å². The van der Waals surface area contributed by atoms with Crippen molar-refractivity contribution >= 4 is 21.8 Å². The smallest absolute Gasteiger partial charge is 0.278 e. The maximum absolute atomic E-state index is 13.2. The monoisotopic (exact) mass is 449 g/mol. The molecule has 5 rings (SSSR count). The molecule has 168 valence electrons. The van der Waals surface area contributed by atoms with E-state index >= 15 is 0 Å². The van der Waals surface area contributed by atoms with Crippen molar-refractivity contribution < 1.29 is 0 Å². The van der Waals surface area contributed by atoms with Crippen LogP contribution in [0.1, 0.15) is 32.4 Å². The maximum Gasteiger partial charge on any atom is 0.278 e. The molecule has 0 amide bonds. The van der Waals surface area contributed by atoms with Gasteiger partial charge < -0.3 is 0 Å². The predicted molar refractivity (Wildman–Crippen MR) is 113 cm³/mol. The molecule has 0 aliphatic rings. The number of rotatable bonds is 7. The van der Waals surface area contributed by atoms with Crippen LogP contribution < -0.4 is 11.1 Å². The van der Waals surface area contributed by atoms with Gasteiger partial charge in [0.25, 0.3) is 11.1 Å². The van der Waals surface area contributed by atoms with Crippen molar-refractivity contribution in [3.8, 4) is 0 Å². The Kier molecular flexibility index (Phi) is 5.12. The van der Waals surface area contributed by atoms with Gasteiger partial charge in [-0.05, 0) is 41.1 Å². The molecule has 5 aromatic rings. The van der Waals surface area contributed by atoms with Gasteiger partial charge in [-0.25, -0.2) is 14.3 Å². The van der Waals surface area contributed by atoms with Crippen LogP contribution in [0.15, 0.2) is 40.7 Å². The summed E-state index contributed by atoms with van der Waals surface area (Å²) in [5, 5.41) is 31.6. The quantitative estimate of drug-likeness (QED) is 0.290. The van der Waals surface area contributed by atoms with E-state index in [-0.39, 0.29) is 23.2 Å². The minimum Gasteiger partial charge on any atom is -0.294 e. The molecule has 0 bridgehead atoms. The minimum absolute atomic E-state index is 0.259. The normalized spacial score (nSPS) is 13.5. The predicted octanol–water partition coefficient (Wildman–Crippen LogP) is -0.613. The molecule has 4 aromatic heterocycles. The van der Waals surface area contributed by atoms with Crippen LogP contribution in [0, 0.1) is 0 Å². The molecular weight excluding hydrogens is 430 g/mol. The Labute approximate surface area is 184 Å². The van der Waals surface area contributed by atoms with E-state index in [1.54, 1.807) is 12.1 Å². The Morgan fingerprint density at radius 2 is 1.76 bits per heavy atom. The lowest BCUT2D eigenvalue weighted by atomic mass is 10.1. The molecule has 15 nitrogen and oxygen atoms in total. The van der Waals surface area contributed by atoms with E-state index in [4.69, 9.17) is 0 Å². The Morgan fingerprint density at radius 3 is 2.48 bits per heavy atom. The van der Waals surface area contributed by atoms with Gasteiger partial charge in [0.2, 0.25) is 0 Å². The van der Waals surface area contributed by atoms with Gasteiger partial charge in [-0.2, -0.15) is 4.80 Å². The molecule has 4 heterocycles. The molecule has 0 N–H and O–H groups in total. The average Bonchev–Trinajstić information content (AvgIpc) is 3.52. The first-order valence-corrected chi connectivity index (χ1v) is 10.3. The van der Waals surface area contributed by atoms with Gasteiger partial charge in [0, 0.05) is 0 Å². The SMILES string of the molecule is CC[C@H](Cn1cnnn1)n1nnc2cc3c(=O)n([C@H](C)Cn4ncnn4)cnc3cc2c1=O. The van der Waals surface area contributed by atoms with Gasteiger partial charge >= 0.3 is 0 Å². The van der Waals surface area contributed by atoms with Gasteiger partial charge in [-0.15, -0.1) is 20.4 Å². The van der Waals surface area contributed by atoms with Crippen molar-refractivity contribution in [2.75, 3.05) is 0 Å². The minimum atomic E-state index is -0.321. The zero-order valence-electron chi connectivity index (χ0n) is 17.8. The largest absolute Gasteiger partial charge is 0.294 e. The maximum atomic E-state index is 13.2. The van der Waals surface area contributed by atoms with Crippen molar-refractivity contribution in [3.63, 3.8) is 0 Å². The number of fused-ring (bicyclic) bond motifs is 2. The molecule has 15 heteroatoms. The molecule has 0 aliphatic heterocycles.